The topological polar surface area (TPSA) is 107 Å². The zero-order chi connectivity index (χ0) is 33.6. The van der Waals surface area contributed by atoms with Crippen molar-refractivity contribution in [2.75, 3.05) is 49.8 Å². The molecule has 47 heavy (non-hydrogen) atoms. The largest absolute Gasteiger partial charge is 0.497 e. The van der Waals surface area contributed by atoms with Crippen molar-refractivity contribution in [2.24, 2.45) is 17.3 Å². The van der Waals surface area contributed by atoms with Crippen molar-refractivity contribution in [3.05, 3.63) is 65.9 Å². The average molecular weight is 648 g/mol. The van der Waals surface area contributed by atoms with Gasteiger partial charge in [0.05, 0.1) is 44.2 Å². The molecule has 1 atom stereocenters. The molecule has 11 heteroatoms. The quantitative estimate of drug-likeness (QED) is 0.193. The Hall–Kier alpha value is -4.28. The van der Waals surface area contributed by atoms with Gasteiger partial charge in [-0.25, -0.2) is 19.3 Å². The van der Waals surface area contributed by atoms with E-state index < -0.39 is 5.82 Å². The van der Waals surface area contributed by atoms with Crippen molar-refractivity contribution in [2.45, 2.75) is 65.7 Å². The first-order valence-electron chi connectivity index (χ1n) is 16.5. The standard InChI is InChI=1S/C36H46FN5O5/c1-6-46-33(43)20-28(25-8-9-25)29-19-32(40-21-30(29)37)47-22-24-12-16-41(17-13-24)31-18-26(45-5)10-11-27(31)34(44)42(23-36(2,3)4)35-38-14-7-15-39-35/h7,10-11,14-15,18-19,21,24-25,28H,6,8-9,12-13,16-17,20,22-23H2,1-5H3. The zero-order valence-electron chi connectivity index (χ0n) is 28.1. The van der Waals surface area contributed by atoms with Crippen LogP contribution in [0.15, 0.2) is 48.9 Å². The van der Waals surface area contributed by atoms with Gasteiger partial charge in [-0.2, -0.15) is 0 Å². The maximum Gasteiger partial charge on any atom is 0.306 e. The van der Waals surface area contributed by atoms with Crippen LogP contribution in [0.1, 0.15) is 81.6 Å². The Labute approximate surface area is 276 Å². The van der Waals surface area contributed by atoms with E-state index in [1.54, 1.807) is 43.5 Å². The van der Waals surface area contributed by atoms with Crippen LogP contribution in [-0.2, 0) is 9.53 Å². The average Bonchev–Trinajstić information content (AvgIpc) is 3.91. The van der Waals surface area contributed by atoms with Gasteiger partial charge in [0, 0.05) is 50.1 Å². The van der Waals surface area contributed by atoms with Gasteiger partial charge < -0.3 is 19.1 Å². The molecule has 0 N–H and O–H groups in total. The highest BCUT2D eigenvalue weighted by molar-refractivity contribution is 6.09. The van der Waals surface area contributed by atoms with Gasteiger partial charge in [0.2, 0.25) is 11.8 Å². The number of carbonyl (C=O) groups is 2. The van der Waals surface area contributed by atoms with Crippen molar-refractivity contribution in [1.29, 1.82) is 0 Å². The Morgan fingerprint density at radius 2 is 1.79 bits per heavy atom. The molecule has 2 fully saturated rings. The molecule has 3 aromatic rings. The summed E-state index contributed by atoms with van der Waals surface area (Å²) in [4.78, 5) is 43.2. The lowest BCUT2D eigenvalue weighted by molar-refractivity contribution is -0.143. The van der Waals surface area contributed by atoms with E-state index in [2.05, 4.69) is 40.6 Å². The van der Waals surface area contributed by atoms with Gasteiger partial charge in [0.15, 0.2) is 0 Å². The summed E-state index contributed by atoms with van der Waals surface area (Å²) < 4.78 is 31.7. The fourth-order valence-electron chi connectivity index (χ4n) is 6.13. The third-order valence-electron chi connectivity index (χ3n) is 8.67. The van der Waals surface area contributed by atoms with Gasteiger partial charge in [0.25, 0.3) is 5.91 Å². The lowest BCUT2D eigenvalue weighted by Gasteiger charge is -2.35. The number of aromatic nitrogens is 3. The van der Waals surface area contributed by atoms with Crippen LogP contribution in [0.2, 0.25) is 0 Å². The fourth-order valence-corrected chi connectivity index (χ4v) is 6.13. The summed E-state index contributed by atoms with van der Waals surface area (Å²) in [5.41, 5.74) is 1.66. The Balaban J connectivity index is 1.26. The number of amides is 1. The van der Waals surface area contributed by atoms with E-state index >= 15 is 0 Å². The second-order valence-corrected chi connectivity index (χ2v) is 13.6. The third kappa shape index (κ3) is 8.96. The number of piperidine rings is 1. The second-order valence-electron chi connectivity index (χ2n) is 13.6. The molecular weight excluding hydrogens is 601 g/mol. The van der Waals surface area contributed by atoms with E-state index in [1.807, 2.05) is 18.2 Å². The molecule has 1 aliphatic heterocycles. The van der Waals surface area contributed by atoms with Crippen molar-refractivity contribution in [3.8, 4) is 11.6 Å². The molecule has 3 heterocycles. The van der Waals surface area contributed by atoms with Crippen LogP contribution in [0.5, 0.6) is 11.6 Å². The second kappa shape index (κ2) is 15.1. The molecule has 252 valence electrons. The van der Waals surface area contributed by atoms with E-state index in [4.69, 9.17) is 14.2 Å². The van der Waals surface area contributed by atoms with Crippen molar-refractivity contribution < 1.29 is 28.2 Å². The monoisotopic (exact) mass is 647 g/mol. The Kier molecular flexibility index (Phi) is 10.9. The Morgan fingerprint density at radius 1 is 1.06 bits per heavy atom. The number of benzene rings is 1. The first-order valence-corrected chi connectivity index (χ1v) is 16.5. The summed E-state index contributed by atoms with van der Waals surface area (Å²) in [7, 11) is 1.62. The fraction of sp³-hybridized carbons (Fsp3) is 0.528. The zero-order valence-corrected chi connectivity index (χ0v) is 28.1. The molecule has 0 bridgehead atoms. The molecule has 10 nitrogen and oxygen atoms in total. The highest BCUT2D eigenvalue weighted by Crippen LogP contribution is 2.46. The lowest BCUT2D eigenvalue weighted by Crippen LogP contribution is -2.41. The highest BCUT2D eigenvalue weighted by atomic mass is 19.1. The molecule has 2 aliphatic rings. The van der Waals surface area contributed by atoms with Crippen LogP contribution in [0.4, 0.5) is 16.0 Å². The number of rotatable bonds is 13. The number of nitrogens with zero attached hydrogens (tertiary/aromatic N) is 5. The number of halogens is 1. The summed E-state index contributed by atoms with van der Waals surface area (Å²) in [5, 5.41) is 0. The normalized spacial score (nSPS) is 16.0. The molecule has 1 aromatic carbocycles. The van der Waals surface area contributed by atoms with Gasteiger partial charge in [-0.1, -0.05) is 20.8 Å². The van der Waals surface area contributed by atoms with Gasteiger partial charge in [-0.05, 0) is 73.6 Å². The van der Waals surface area contributed by atoms with E-state index in [1.165, 1.54) is 6.20 Å². The van der Waals surface area contributed by atoms with E-state index in [0.29, 0.717) is 61.6 Å². The minimum atomic E-state index is -0.421. The number of esters is 1. The van der Waals surface area contributed by atoms with Crippen molar-refractivity contribution >= 4 is 23.5 Å². The summed E-state index contributed by atoms with van der Waals surface area (Å²) >= 11 is 0. The molecule has 0 spiro atoms. The first kappa shape index (κ1) is 34.1. The van der Waals surface area contributed by atoms with Crippen LogP contribution in [0.3, 0.4) is 0 Å². The minimum Gasteiger partial charge on any atom is -0.497 e. The first-order chi connectivity index (χ1) is 22.6. The molecule has 2 aromatic heterocycles. The number of anilines is 2. The van der Waals surface area contributed by atoms with E-state index in [9.17, 15) is 14.0 Å². The smallest absolute Gasteiger partial charge is 0.306 e. The van der Waals surface area contributed by atoms with E-state index in [-0.39, 0.29) is 41.5 Å². The number of methoxy groups -OCH3 is 1. The molecule has 5 rings (SSSR count). The SMILES string of the molecule is CCOC(=O)CC(c1cc(OCC2CCN(c3cc(OC)ccc3C(=O)N(CC(C)(C)C)c3ncccn3)CC2)ncc1F)C1CC1. The molecule has 1 amide bonds. The maximum absolute atomic E-state index is 14.9. The van der Waals surface area contributed by atoms with E-state index in [0.717, 1.165) is 31.4 Å². The molecule has 1 saturated carbocycles. The van der Waals surface area contributed by atoms with Gasteiger partial charge in [-0.15, -0.1) is 0 Å². The lowest BCUT2D eigenvalue weighted by atomic mass is 9.91. The molecular formula is C36H46FN5O5. The van der Waals surface area contributed by atoms with Crippen LogP contribution < -0.4 is 19.3 Å². The summed E-state index contributed by atoms with van der Waals surface area (Å²) in [6.07, 6.45) is 8.23. The predicted molar refractivity (Wildman–Crippen MR) is 177 cm³/mol. The number of hydrogen-bond acceptors (Lipinski definition) is 9. The number of pyridine rings is 1. The molecule has 1 saturated heterocycles. The van der Waals surface area contributed by atoms with Gasteiger partial charge >= 0.3 is 5.97 Å². The van der Waals surface area contributed by atoms with Crippen molar-refractivity contribution in [1.82, 2.24) is 15.0 Å². The summed E-state index contributed by atoms with van der Waals surface area (Å²) in [6, 6.07) is 8.93. The number of ether oxygens (including phenoxy) is 3. The van der Waals surface area contributed by atoms with Crippen LogP contribution >= 0.6 is 0 Å². The molecule has 1 aliphatic carbocycles. The van der Waals surface area contributed by atoms with Gasteiger partial charge in [-0.3, -0.25) is 14.5 Å². The summed E-state index contributed by atoms with van der Waals surface area (Å²) in [5.74, 6) is 0.776. The van der Waals surface area contributed by atoms with Crippen molar-refractivity contribution in [3.63, 3.8) is 0 Å². The van der Waals surface area contributed by atoms with Crippen LogP contribution in [0.25, 0.3) is 0 Å². The Morgan fingerprint density at radius 3 is 2.43 bits per heavy atom. The highest BCUT2D eigenvalue weighted by Gasteiger charge is 2.36. The van der Waals surface area contributed by atoms with Crippen LogP contribution in [-0.4, -0.2) is 66.8 Å². The Bertz CT molecular complexity index is 1520. The summed E-state index contributed by atoms with van der Waals surface area (Å²) in [6.45, 7) is 10.6. The third-order valence-corrected chi connectivity index (χ3v) is 8.67. The minimum absolute atomic E-state index is 0.151. The molecule has 1 unspecified atom stereocenters. The number of carbonyl (C=O) groups excluding carboxylic acids is 2. The predicted octanol–water partition coefficient (Wildman–Crippen LogP) is 6.45. The molecule has 0 radical (unpaired) electrons. The van der Waals surface area contributed by atoms with Crippen LogP contribution in [0, 0.1) is 23.1 Å². The maximum atomic E-state index is 14.9. The number of hydrogen-bond donors (Lipinski definition) is 0. The van der Waals surface area contributed by atoms with Gasteiger partial charge in [0.1, 0.15) is 11.6 Å².